The number of carbonyl (C=O) groups is 1. The van der Waals surface area contributed by atoms with E-state index < -0.39 is 20.7 Å². The number of fused-ring (bicyclic) bond motifs is 3. The summed E-state index contributed by atoms with van der Waals surface area (Å²) in [6.45, 7) is 0.418. The summed E-state index contributed by atoms with van der Waals surface area (Å²) in [6.07, 6.45) is 1.74. The van der Waals surface area contributed by atoms with E-state index in [9.17, 15) is 17.6 Å². The van der Waals surface area contributed by atoms with Crippen LogP contribution in [0.4, 0.5) is 14.9 Å². The van der Waals surface area contributed by atoms with Crippen LogP contribution in [0.2, 0.25) is 0 Å². The molecular weight excluding hydrogens is 413 g/mol. The number of nitrogens with two attached hydrogens (primary N) is 1. The van der Waals surface area contributed by atoms with Crippen molar-refractivity contribution in [1.82, 2.24) is 14.7 Å². The fourth-order valence-corrected chi connectivity index (χ4v) is 4.27. The number of carbonyl (C=O) groups excluding carboxylic acids is 1. The van der Waals surface area contributed by atoms with E-state index in [2.05, 4.69) is 10.1 Å². The van der Waals surface area contributed by atoms with E-state index in [0.29, 0.717) is 35.6 Å². The van der Waals surface area contributed by atoms with Gasteiger partial charge in [-0.1, -0.05) is 5.16 Å². The number of benzene rings is 2. The Balaban J connectivity index is 1.56. The monoisotopic (exact) mass is 427 g/mol. The van der Waals surface area contributed by atoms with Gasteiger partial charge in [-0.2, -0.15) is 4.98 Å². The lowest BCUT2D eigenvalue weighted by atomic mass is 10.1. The number of aromatic nitrogens is 3. The number of sulfonamides is 1. The number of amides is 1. The first kappa shape index (κ1) is 18.5. The van der Waals surface area contributed by atoms with Gasteiger partial charge in [0.05, 0.1) is 5.52 Å². The number of hydrogen-bond acceptors (Lipinski definition) is 6. The Labute approximate surface area is 169 Å². The van der Waals surface area contributed by atoms with Gasteiger partial charge in [0, 0.05) is 35.3 Å². The molecule has 152 valence electrons. The third-order valence-electron chi connectivity index (χ3n) is 5.05. The van der Waals surface area contributed by atoms with Gasteiger partial charge < -0.3 is 4.52 Å². The van der Waals surface area contributed by atoms with Gasteiger partial charge in [-0.15, -0.1) is 0 Å². The molecule has 3 heterocycles. The number of anilines is 1. The summed E-state index contributed by atoms with van der Waals surface area (Å²) in [5.41, 5.74) is 2.33. The SMILES string of the molecule is NS(=O)(=O)c1cc2c(cc1F)cc1n2C(=O)N(c2ccc(-c3ncon3)cc2)CC1. The van der Waals surface area contributed by atoms with Crippen LogP contribution in [-0.4, -0.2) is 35.7 Å². The molecule has 5 rings (SSSR count). The Morgan fingerprint density at radius 3 is 2.57 bits per heavy atom. The van der Waals surface area contributed by atoms with E-state index in [4.69, 9.17) is 9.66 Å². The van der Waals surface area contributed by atoms with E-state index in [1.54, 1.807) is 35.2 Å². The number of nitrogens with zero attached hydrogens (tertiary/aromatic N) is 4. The van der Waals surface area contributed by atoms with Crippen LogP contribution in [0.3, 0.4) is 0 Å². The van der Waals surface area contributed by atoms with Crippen molar-refractivity contribution >= 4 is 32.6 Å². The maximum absolute atomic E-state index is 14.2. The summed E-state index contributed by atoms with van der Waals surface area (Å²) < 4.78 is 43.7. The van der Waals surface area contributed by atoms with Crippen molar-refractivity contribution in [2.45, 2.75) is 11.3 Å². The van der Waals surface area contributed by atoms with Gasteiger partial charge in [0.1, 0.15) is 10.7 Å². The topological polar surface area (TPSA) is 124 Å². The molecule has 1 aliphatic rings. The first-order valence-electron chi connectivity index (χ1n) is 8.88. The second kappa shape index (κ2) is 6.47. The first-order valence-corrected chi connectivity index (χ1v) is 10.4. The highest BCUT2D eigenvalue weighted by Gasteiger charge is 2.28. The highest BCUT2D eigenvalue weighted by Crippen LogP contribution is 2.30. The summed E-state index contributed by atoms with van der Waals surface area (Å²) in [5.74, 6) is -0.517. The zero-order valence-electron chi connectivity index (χ0n) is 15.3. The average molecular weight is 427 g/mol. The molecule has 0 radical (unpaired) electrons. The van der Waals surface area contributed by atoms with Crippen molar-refractivity contribution in [3.63, 3.8) is 0 Å². The van der Waals surface area contributed by atoms with Crippen molar-refractivity contribution in [3.05, 3.63) is 60.4 Å². The number of hydrogen-bond donors (Lipinski definition) is 1. The summed E-state index contributed by atoms with van der Waals surface area (Å²) in [7, 11) is -4.27. The zero-order chi connectivity index (χ0) is 21.0. The molecule has 2 aromatic carbocycles. The van der Waals surface area contributed by atoms with E-state index >= 15 is 0 Å². The molecule has 9 nitrogen and oxygen atoms in total. The van der Waals surface area contributed by atoms with Crippen molar-refractivity contribution < 1.29 is 22.1 Å². The van der Waals surface area contributed by atoms with Crippen LogP contribution >= 0.6 is 0 Å². The van der Waals surface area contributed by atoms with Crippen LogP contribution in [0.5, 0.6) is 0 Å². The molecule has 0 atom stereocenters. The number of primary sulfonamides is 1. The minimum Gasteiger partial charge on any atom is -0.342 e. The maximum atomic E-state index is 14.2. The molecule has 0 fully saturated rings. The molecule has 1 aliphatic heterocycles. The minimum atomic E-state index is -4.27. The van der Waals surface area contributed by atoms with Crippen LogP contribution in [-0.2, 0) is 16.4 Å². The molecule has 0 aliphatic carbocycles. The van der Waals surface area contributed by atoms with Crippen LogP contribution in [0.25, 0.3) is 22.3 Å². The Morgan fingerprint density at radius 1 is 1.13 bits per heavy atom. The largest absolute Gasteiger partial charge is 0.342 e. The number of halogens is 1. The van der Waals surface area contributed by atoms with Crippen LogP contribution in [0.1, 0.15) is 5.69 Å². The van der Waals surface area contributed by atoms with E-state index in [-0.39, 0.29) is 11.5 Å². The molecular formula is C19H14FN5O4S. The summed E-state index contributed by atoms with van der Waals surface area (Å²) >= 11 is 0. The smallest absolute Gasteiger partial charge is 0.333 e. The van der Waals surface area contributed by atoms with Gasteiger partial charge in [0.2, 0.25) is 22.2 Å². The Kier molecular flexibility index (Phi) is 3.98. The van der Waals surface area contributed by atoms with Crippen molar-refractivity contribution in [1.29, 1.82) is 0 Å². The lowest BCUT2D eigenvalue weighted by molar-refractivity contribution is 0.246. The second-order valence-corrected chi connectivity index (χ2v) is 8.37. The standard InChI is InChI=1S/C19H14FN5O4S/c20-15-8-12-7-14-5-6-24(13-3-1-11(2-4-13)18-22-10-29-23-18)19(26)25(14)16(12)9-17(15)30(21,27)28/h1-4,7-10H,5-6H2,(H2,21,27,28). The third kappa shape index (κ3) is 2.86. The predicted octanol–water partition coefficient (Wildman–Crippen LogP) is 2.51. The molecule has 0 saturated carbocycles. The molecule has 2 aromatic heterocycles. The zero-order valence-corrected chi connectivity index (χ0v) is 16.1. The molecule has 2 N–H and O–H groups in total. The lowest BCUT2D eigenvalue weighted by Gasteiger charge is -2.29. The Hall–Kier alpha value is -3.57. The molecule has 0 spiro atoms. The third-order valence-corrected chi connectivity index (χ3v) is 5.98. The van der Waals surface area contributed by atoms with Crippen LogP contribution in [0, 0.1) is 5.82 Å². The van der Waals surface area contributed by atoms with E-state index in [1.807, 2.05) is 0 Å². The van der Waals surface area contributed by atoms with Gasteiger partial charge in [0.15, 0.2) is 0 Å². The quantitative estimate of drug-likeness (QED) is 0.536. The van der Waals surface area contributed by atoms with Crippen molar-refractivity contribution in [2.75, 3.05) is 11.4 Å². The minimum absolute atomic E-state index is 0.286. The number of rotatable bonds is 3. The fraction of sp³-hybridized carbons (Fsp3) is 0.105. The van der Waals surface area contributed by atoms with Gasteiger partial charge in [0.25, 0.3) is 0 Å². The van der Waals surface area contributed by atoms with Gasteiger partial charge in [-0.05, 0) is 42.5 Å². The molecule has 0 unspecified atom stereocenters. The summed E-state index contributed by atoms with van der Waals surface area (Å²) in [4.78, 5) is 18.1. The summed E-state index contributed by atoms with van der Waals surface area (Å²) in [6, 6.07) is 10.6. The van der Waals surface area contributed by atoms with Gasteiger partial charge in [-0.3, -0.25) is 9.47 Å². The maximum Gasteiger partial charge on any atom is 0.333 e. The van der Waals surface area contributed by atoms with Crippen LogP contribution < -0.4 is 10.0 Å². The molecule has 30 heavy (non-hydrogen) atoms. The van der Waals surface area contributed by atoms with Crippen LogP contribution in [0.15, 0.2) is 58.3 Å². The Bertz CT molecular complexity index is 1400. The van der Waals surface area contributed by atoms with Crippen molar-refractivity contribution in [2.24, 2.45) is 5.14 Å². The second-order valence-electron chi connectivity index (χ2n) is 6.84. The van der Waals surface area contributed by atoms with E-state index in [1.165, 1.54) is 11.0 Å². The van der Waals surface area contributed by atoms with Crippen molar-refractivity contribution in [3.8, 4) is 11.4 Å². The highest BCUT2D eigenvalue weighted by molar-refractivity contribution is 7.89. The average Bonchev–Trinajstić information content (AvgIpc) is 3.35. The van der Waals surface area contributed by atoms with Gasteiger partial charge in [-0.25, -0.2) is 22.7 Å². The summed E-state index contributed by atoms with van der Waals surface area (Å²) in [5, 5.41) is 9.31. The van der Waals surface area contributed by atoms with Gasteiger partial charge >= 0.3 is 6.03 Å². The molecule has 4 aromatic rings. The van der Waals surface area contributed by atoms with E-state index in [0.717, 1.165) is 17.7 Å². The molecule has 11 heteroatoms. The first-order chi connectivity index (χ1) is 14.3. The molecule has 1 amide bonds. The highest BCUT2D eigenvalue weighted by atomic mass is 32.2. The normalized spacial score (nSPS) is 14.3. The fourth-order valence-electron chi connectivity index (χ4n) is 3.66. The lowest BCUT2D eigenvalue weighted by Crippen LogP contribution is -2.41. The predicted molar refractivity (Wildman–Crippen MR) is 105 cm³/mol. The molecule has 0 bridgehead atoms. The Morgan fingerprint density at radius 2 is 1.90 bits per heavy atom. The molecule has 0 saturated heterocycles.